The van der Waals surface area contributed by atoms with Gasteiger partial charge in [0.15, 0.2) is 0 Å². The van der Waals surface area contributed by atoms with Crippen molar-refractivity contribution >= 4 is 16.3 Å². The van der Waals surface area contributed by atoms with Crippen molar-refractivity contribution in [3.05, 3.63) is 54.1 Å². The van der Waals surface area contributed by atoms with Crippen molar-refractivity contribution < 1.29 is 23.1 Å². The van der Waals surface area contributed by atoms with Crippen LogP contribution in [0.5, 0.6) is 5.75 Å². The number of aryl methyl sites for hydroxylation is 1. The maximum Gasteiger partial charge on any atom is 0.293 e. The maximum atomic E-state index is 12.8. The lowest BCUT2D eigenvalue weighted by Gasteiger charge is -2.11. The fraction of sp³-hybridized carbons (Fsp3) is 0.409. The van der Waals surface area contributed by atoms with Crippen molar-refractivity contribution in [1.29, 1.82) is 0 Å². The zero-order valence-electron chi connectivity index (χ0n) is 16.0. The molecule has 0 atom stereocenters. The Morgan fingerprint density at radius 1 is 0.821 bits per heavy atom. The van der Waals surface area contributed by atoms with Gasteiger partial charge in [-0.3, -0.25) is 4.79 Å². The van der Waals surface area contributed by atoms with Gasteiger partial charge in [0, 0.05) is 0 Å². The molecule has 1 N–H and O–H groups in total. The Bertz CT molecular complexity index is 831. The summed E-state index contributed by atoms with van der Waals surface area (Å²) in [6.07, 6.45) is 7.85. The number of hydrogen-bond acceptors (Lipinski definition) is 5. The topological polar surface area (TPSA) is 80.7 Å². The molecule has 0 bridgehead atoms. The Kier molecular flexibility index (Phi) is 9.01. The van der Waals surface area contributed by atoms with E-state index in [1.165, 1.54) is 18.2 Å². The summed E-state index contributed by atoms with van der Waals surface area (Å²) < 4.78 is 30.2. The predicted molar refractivity (Wildman–Crippen MR) is 108 cm³/mol. The van der Waals surface area contributed by atoms with E-state index in [0.29, 0.717) is 25.1 Å². The van der Waals surface area contributed by atoms with Crippen LogP contribution in [-0.2, 0) is 25.8 Å². The van der Waals surface area contributed by atoms with Crippen molar-refractivity contribution in [2.24, 2.45) is 0 Å². The summed E-state index contributed by atoms with van der Waals surface area (Å²) in [4.78, 5) is 10.2. The molecule has 2 aromatic rings. The van der Waals surface area contributed by atoms with E-state index in [4.69, 9.17) is 0 Å². The number of phenols is 1. The van der Waals surface area contributed by atoms with Crippen molar-refractivity contribution in [3.8, 4) is 5.75 Å². The van der Waals surface area contributed by atoms with Gasteiger partial charge in [0.25, 0.3) is 6.47 Å². The highest BCUT2D eigenvalue weighted by Gasteiger charge is 2.22. The number of sulfone groups is 1. The minimum Gasteiger partial charge on any atom is -0.506 e. The first-order valence-electron chi connectivity index (χ1n) is 9.73. The summed E-state index contributed by atoms with van der Waals surface area (Å²) in [6.45, 7) is 0.973. The zero-order valence-corrected chi connectivity index (χ0v) is 16.9. The van der Waals surface area contributed by atoms with Crippen molar-refractivity contribution in [2.45, 2.75) is 61.2 Å². The largest absolute Gasteiger partial charge is 0.506 e. The van der Waals surface area contributed by atoms with Gasteiger partial charge in [-0.05, 0) is 43.0 Å². The maximum absolute atomic E-state index is 12.8. The summed E-state index contributed by atoms with van der Waals surface area (Å²) in [7, 11) is -3.73. The van der Waals surface area contributed by atoms with E-state index in [9.17, 15) is 18.3 Å². The molecule has 0 aromatic heterocycles. The van der Waals surface area contributed by atoms with E-state index in [2.05, 4.69) is 4.74 Å². The molecule has 0 heterocycles. The molecule has 152 valence electrons. The molecule has 2 rings (SSSR count). The lowest BCUT2D eigenvalue weighted by atomic mass is 10.0. The minimum absolute atomic E-state index is 0.0336. The first kappa shape index (κ1) is 22.0. The zero-order chi connectivity index (χ0) is 20.2. The molecule has 2 aromatic carbocycles. The van der Waals surface area contributed by atoms with Crippen molar-refractivity contribution in [1.82, 2.24) is 0 Å². The molecule has 0 aliphatic rings. The second-order valence-corrected chi connectivity index (χ2v) is 8.69. The third kappa shape index (κ3) is 6.37. The molecule has 0 fully saturated rings. The molecule has 0 aliphatic heterocycles. The molecule has 0 unspecified atom stereocenters. The first-order valence-corrected chi connectivity index (χ1v) is 11.2. The Morgan fingerprint density at radius 2 is 1.46 bits per heavy atom. The van der Waals surface area contributed by atoms with E-state index < -0.39 is 9.84 Å². The third-order valence-corrected chi connectivity index (χ3v) is 6.50. The molecule has 5 nitrogen and oxygen atoms in total. The number of carbonyl (C=O) groups is 1. The van der Waals surface area contributed by atoms with E-state index in [1.807, 2.05) is 0 Å². The lowest BCUT2D eigenvalue weighted by molar-refractivity contribution is -0.128. The van der Waals surface area contributed by atoms with Gasteiger partial charge in [-0.25, -0.2) is 8.42 Å². The van der Waals surface area contributed by atoms with Crippen LogP contribution in [0.1, 0.15) is 50.5 Å². The summed E-state index contributed by atoms with van der Waals surface area (Å²) in [5, 5.41) is 10.5. The normalized spacial score (nSPS) is 11.3. The van der Waals surface area contributed by atoms with Crippen LogP contribution in [0.4, 0.5) is 0 Å². The van der Waals surface area contributed by atoms with Crippen molar-refractivity contribution in [3.63, 3.8) is 0 Å². The van der Waals surface area contributed by atoms with Crippen LogP contribution in [0.2, 0.25) is 0 Å². The fourth-order valence-electron chi connectivity index (χ4n) is 3.15. The number of phenolic OH excluding ortho intramolecular Hbond substituents is 1. The van der Waals surface area contributed by atoms with Crippen LogP contribution in [0.25, 0.3) is 0 Å². The highest BCUT2D eigenvalue weighted by atomic mass is 32.2. The monoisotopic (exact) mass is 404 g/mol. The highest BCUT2D eigenvalue weighted by molar-refractivity contribution is 7.91. The smallest absolute Gasteiger partial charge is 0.293 e. The Morgan fingerprint density at radius 3 is 2.14 bits per heavy atom. The average molecular weight is 405 g/mol. The Hall–Kier alpha value is -2.34. The molecule has 0 saturated heterocycles. The summed E-state index contributed by atoms with van der Waals surface area (Å²) >= 11 is 0. The second-order valence-electron chi connectivity index (χ2n) is 6.77. The van der Waals surface area contributed by atoms with Crippen LogP contribution in [-0.4, -0.2) is 26.6 Å². The number of para-hydroxylation sites is 1. The van der Waals surface area contributed by atoms with Gasteiger partial charge in [-0.15, -0.1) is 0 Å². The van der Waals surface area contributed by atoms with Crippen LogP contribution in [0, 0.1) is 0 Å². The number of aromatic hydroxyl groups is 1. The number of benzene rings is 2. The molecule has 0 amide bonds. The molecule has 0 aliphatic carbocycles. The van der Waals surface area contributed by atoms with E-state index in [-0.39, 0.29) is 15.5 Å². The van der Waals surface area contributed by atoms with Gasteiger partial charge in [0.05, 0.1) is 11.5 Å². The van der Waals surface area contributed by atoms with Gasteiger partial charge in [-0.1, -0.05) is 62.4 Å². The fourth-order valence-corrected chi connectivity index (χ4v) is 4.56. The SMILES string of the molecule is O=COCCCCCCCCCc1cccc(S(=O)(=O)c2ccccc2)c1O. The van der Waals surface area contributed by atoms with Crippen LogP contribution < -0.4 is 0 Å². The third-order valence-electron chi connectivity index (χ3n) is 4.70. The van der Waals surface area contributed by atoms with E-state index >= 15 is 0 Å². The quantitative estimate of drug-likeness (QED) is 0.387. The summed E-state index contributed by atoms with van der Waals surface area (Å²) in [5.74, 6) is -0.137. The van der Waals surface area contributed by atoms with Gasteiger partial charge in [-0.2, -0.15) is 0 Å². The molecule has 28 heavy (non-hydrogen) atoms. The van der Waals surface area contributed by atoms with Gasteiger partial charge >= 0.3 is 0 Å². The van der Waals surface area contributed by atoms with Gasteiger partial charge in [0.2, 0.25) is 9.84 Å². The highest BCUT2D eigenvalue weighted by Crippen LogP contribution is 2.32. The standard InChI is InChI=1S/C22H28O5S/c23-18-27-17-10-5-3-1-2-4-7-12-19-13-11-16-21(22(19)24)28(25,26)20-14-8-6-9-15-20/h6,8-9,11,13-16,18,24H,1-5,7,10,12,17H2. The van der Waals surface area contributed by atoms with Crippen LogP contribution in [0.15, 0.2) is 58.3 Å². The molecule has 0 spiro atoms. The number of rotatable bonds is 13. The minimum atomic E-state index is -3.73. The number of ether oxygens (including phenoxy) is 1. The average Bonchev–Trinajstić information content (AvgIpc) is 2.71. The first-order chi connectivity index (χ1) is 13.6. The Balaban J connectivity index is 1.83. The van der Waals surface area contributed by atoms with Crippen LogP contribution >= 0.6 is 0 Å². The van der Waals surface area contributed by atoms with Crippen molar-refractivity contribution in [2.75, 3.05) is 6.61 Å². The van der Waals surface area contributed by atoms with E-state index in [0.717, 1.165) is 44.9 Å². The lowest BCUT2D eigenvalue weighted by Crippen LogP contribution is -2.03. The molecule has 6 heteroatoms. The predicted octanol–water partition coefficient (Wildman–Crippen LogP) is 4.67. The number of carbonyl (C=O) groups excluding carboxylic acids is 1. The molecule has 0 saturated carbocycles. The Labute approximate surface area is 167 Å². The van der Waals surface area contributed by atoms with Crippen LogP contribution in [0.3, 0.4) is 0 Å². The van der Waals surface area contributed by atoms with Gasteiger partial charge in [0.1, 0.15) is 10.6 Å². The number of hydrogen-bond donors (Lipinski definition) is 1. The van der Waals surface area contributed by atoms with Gasteiger partial charge < -0.3 is 9.84 Å². The number of unbranched alkanes of at least 4 members (excludes halogenated alkanes) is 6. The summed E-state index contributed by atoms with van der Waals surface area (Å²) in [5.41, 5.74) is 0.669. The van der Waals surface area contributed by atoms with E-state index in [1.54, 1.807) is 30.3 Å². The molecular formula is C22H28O5S. The second kappa shape index (κ2) is 11.5. The molecular weight excluding hydrogens is 376 g/mol. The molecule has 0 radical (unpaired) electrons. The summed E-state index contributed by atoms with van der Waals surface area (Å²) in [6, 6.07) is 13.1.